The van der Waals surface area contributed by atoms with Gasteiger partial charge in [-0.3, -0.25) is 9.59 Å². The molecule has 35 heavy (non-hydrogen) atoms. The third kappa shape index (κ3) is 5.73. The number of amides is 2. The summed E-state index contributed by atoms with van der Waals surface area (Å²) in [5.74, 6) is 1.43. The molecule has 3 aromatic rings. The third-order valence-corrected chi connectivity index (χ3v) is 6.58. The van der Waals surface area contributed by atoms with E-state index in [-0.39, 0.29) is 17.9 Å². The lowest BCUT2D eigenvalue weighted by Crippen LogP contribution is -2.49. The first-order valence-electron chi connectivity index (χ1n) is 12.3. The van der Waals surface area contributed by atoms with Crippen molar-refractivity contribution < 1.29 is 18.8 Å². The molecule has 7 heteroatoms. The van der Waals surface area contributed by atoms with Gasteiger partial charge < -0.3 is 19.1 Å². The van der Waals surface area contributed by atoms with Crippen LogP contribution in [-0.4, -0.2) is 52.4 Å². The fourth-order valence-corrected chi connectivity index (χ4v) is 4.58. The average Bonchev–Trinajstić information content (AvgIpc) is 3.22. The Balaban J connectivity index is 1.40. The van der Waals surface area contributed by atoms with Crippen LogP contribution in [0.2, 0.25) is 0 Å². The first-order valence-corrected chi connectivity index (χ1v) is 12.3. The quantitative estimate of drug-likeness (QED) is 0.457. The Morgan fingerprint density at radius 2 is 1.77 bits per heavy atom. The number of likely N-dealkylation sites (tertiary alicyclic amines) is 1. The van der Waals surface area contributed by atoms with Crippen molar-refractivity contribution in [3.8, 4) is 5.75 Å². The SMILES string of the molecule is CCCN(C(=O)c1cccc(OCc2c(C)noc2C)c1)C1CCN(C(=O)c2ccccc2)CC1. The maximum Gasteiger partial charge on any atom is 0.254 e. The Morgan fingerprint density at radius 3 is 2.43 bits per heavy atom. The number of ether oxygens (including phenoxy) is 1. The number of benzene rings is 2. The summed E-state index contributed by atoms with van der Waals surface area (Å²) in [5, 5.41) is 3.96. The summed E-state index contributed by atoms with van der Waals surface area (Å²) < 4.78 is 11.2. The van der Waals surface area contributed by atoms with E-state index in [0.29, 0.717) is 43.1 Å². The van der Waals surface area contributed by atoms with E-state index in [0.717, 1.165) is 36.3 Å². The van der Waals surface area contributed by atoms with Crippen LogP contribution in [0.15, 0.2) is 59.1 Å². The summed E-state index contributed by atoms with van der Waals surface area (Å²) in [6, 6.07) is 16.8. The van der Waals surface area contributed by atoms with Crippen molar-refractivity contribution >= 4 is 11.8 Å². The Morgan fingerprint density at radius 1 is 1.06 bits per heavy atom. The molecule has 1 aromatic heterocycles. The number of carbonyl (C=O) groups is 2. The standard InChI is InChI=1S/C28H33N3O4/c1-4-15-31(24-13-16-30(17-14-24)27(32)22-9-6-5-7-10-22)28(33)23-11-8-12-25(18-23)34-19-26-20(2)29-35-21(26)3/h5-12,18,24H,4,13-17,19H2,1-3H3. The van der Waals surface area contributed by atoms with Gasteiger partial charge in [-0.25, -0.2) is 0 Å². The molecule has 0 N–H and O–H groups in total. The molecular formula is C28H33N3O4. The highest BCUT2D eigenvalue weighted by Gasteiger charge is 2.30. The van der Waals surface area contributed by atoms with Gasteiger partial charge in [-0.05, 0) is 63.4 Å². The van der Waals surface area contributed by atoms with Crippen LogP contribution in [0.1, 0.15) is 63.9 Å². The minimum Gasteiger partial charge on any atom is -0.489 e. The van der Waals surface area contributed by atoms with E-state index in [2.05, 4.69) is 12.1 Å². The van der Waals surface area contributed by atoms with Gasteiger partial charge in [-0.1, -0.05) is 36.3 Å². The highest BCUT2D eigenvalue weighted by Crippen LogP contribution is 2.23. The van der Waals surface area contributed by atoms with Crippen LogP contribution in [0, 0.1) is 13.8 Å². The lowest BCUT2D eigenvalue weighted by molar-refractivity contribution is 0.0519. The number of nitrogens with zero attached hydrogens (tertiary/aromatic N) is 3. The lowest BCUT2D eigenvalue weighted by Gasteiger charge is -2.38. The largest absolute Gasteiger partial charge is 0.489 e. The van der Waals surface area contributed by atoms with Crippen LogP contribution in [0.4, 0.5) is 0 Å². The van der Waals surface area contributed by atoms with Crippen molar-refractivity contribution in [1.82, 2.24) is 15.0 Å². The molecule has 1 aliphatic heterocycles. The number of piperidine rings is 1. The van der Waals surface area contributed by atoms with Crippen LogP contribution < -0.4 is 4.74 Å². The topological polar surface area (TPSA) is 75.9 Å². The van der Waals surface area contributed by atoms with Crippen molar-refractivity contribution in [2.75, 3.05) is 19.6 Å². The second-order valence-electron chi connectivity index (χ2n) is 9.01. The summed E-state index contributed by atoms with van der Waals surface area (Å²) in [4.78, 5) is 30.2. The molecule has 184 valence electrons. The zero-order valence-corrected chi connectivity index (χ0v) is 20.7. The normalized spacial score (nSPS) is 14.1. The van der Waals surface area contributed by atoms with Gasteiger partial charge in [0.05, 0.1) is 11.3 Å². The third-order valence-electron chi connectivity index (χ3n) is 6.58. The van der Waals surface area contributed by atoms with Gasteiger partial charge in [0.25, 0.3) is 11.8 Å². The molecule has 4 rings (SSSR count). The zero-order valence-electron chi connectivity index (χ0n) is 20.7. The monoisotopic (exact) mass is 475 g/mol. The van der Waals surface area contributed by atoms with E-state index in [1.54, 1.807) is 6.07 Å². The van der Waals surface area contributed by atoms with Gasteiger partial charge in [0, 0.05) is 36.8 Å². The molecule has 2 amide bonds. The molecular weight excluding hydrogens is 442 g/mol. The number of rotatable bonds is 8. The molecule has 0 atom stereocenters. The van der Waals surface area contributed by atoms with E-state index in [4.69, 9.17) is 9.26 Å². The Labute approximate surface area is 206 Å². The lowest BCUT2D eigenvalue weighted by atomic mass is 10.0. The van der Waals surface area contributed by atoms with Crippen molar-refractivity contribution in [3.05, 3.63) is 82.7 Å². The summed E-state index contributed by atoms with van der Waals surface area (Å²) in [6.45, 7) is 8.14. The maximum absolute atomic E-state index is 13.5. The van der Waals surface area contributed by atoms with E-state index in [1.165, 1.54) is 0 Å². The van der Waals surface area contributed by atoms with E-state index in [9.17, 15) is 9.59 Å². The molecule has 0 aliphatic carbocycles. The molecule has 2 heterocycles. The van der Waals surface area contributed by atoms with Crippen LogP contribution >= 0.6 is 0 Å². The van der Waals surface area contributed by atoms with E-state index in [1.807, 2.05) is 72.2 Å². The molecule has 0 radical (unpaired) electrons. The molecule has 0 spiro atoms. The fourth-order valence-electron chi connectivity index (χ4n) is 4.58. The number of aryl methyl sites for hydroxylation is 2. The molecule has 0 unspecified atom stereocenters. The number of carbonyl (C=O) groups excluding carboxylic acids is 2. The van der Waals surface area contributed by atoms with Gasteiger partial charge in [-0.15, -0.1) is 0 Å². The number of aromatic nitrogens is 1. The van der Waals surface area contributed by atoms with Crippen LogP contribution in [-0.2, 0) is 6.61 Å². The number of hydrogen-bond acceptors (Lipinski definition) is 5. The van der Waals surface area contributed by atoms with E-state index >= 15 is 0 Å². The van der Waals surface area contributed by atoms with Crippen molar-refractivity contribution in [1.29, 1.82) is 0 Å². The van der Waals surface area contributed by atoms with E-state index < -0.39 is 0 Å². The summed E-state index contributed by atoms with van der Waals surface area (Å²) >= 11 is 0. The highest BCUT2D eigenvalue weighted by atomic mass is 16.5. The zero-order chi connectivity index (χ0) is 24.8. The Bertz CT molecular complexity index is 1130. The number of hydrogen-bond donors (Lipinski definition) is 0. The van der Waals surface area contributed by atoms with Crippen molar-refractivity contribution in [2.24, 2.45) is 0 Å². The fraction of sp³-hybridized carbons (Fsp3) is 0.393. The Kier molecular flexibility index (Phi) is 7.85. The predicted octanol–water partition coefficient (Wildman–Crippen LogP) is 5.03. The van der Waals surface area contributed by atoms with Crippen LogP contribution in [0.3, 0.4) is 0 Å². The van der Waals surface area contributed by atoms with Crippen molar-refractivity contribution in [2.45, 2.75) is 52.7 Å². The second-order valence-corrected chi connectivity index (χ2v) is 9.01. The minimum absolute atomic E-state index is 0.00229. The molecule has 1 aliphatic rings. The minimum atomic E-state index is 0.00229. The molecule has 0 bridgehead atoms. The van der Waals surface area contributed by atoms with Crippen LogP contribution in [0.25, 0.3) is 0 Å². The Hall–Kier alpha value is -3.61. The van der Waals surface area contributed by atoms with Gasteiger partial charge in [0.1, 0.15) is 18.1 Å². The van der Waals surface area contributed by atoms with Gasteiger partial charge >= 0.3 is 0 Å². The highest BCUT2D eigenvalue weighted by molar-refractivity contribution is 5.95. The smallest absolute Gasteiger partial charge is 0.254 e. The summed E-state index contributed by atoms with van der Waals surface area (Å²) in [7, 11) is 0. The molecule has 1 saturated heterocycles. The first-order chi connectivity index (χ1) is 17.0. The average molecular weight is 476 g/mol. The van der Waals surface area contributed by atoms with Crippen LogP contribution in [0.5, 0.6) is 5.75 Å². The first kappa shape index (κ1) is 24.5. The van der Waals surface area contributed by atoms with Gasteiger partial charge in [0.15, 0.2) is 0 Å². The molecule has 7 nitrogen and oxygen atoms in total. The van der Waals surface area contributed by atoms with Crippen molar-refractivity contribution in [3.63, 3.8) is 0 Å². The maximum atomic E-state index is 13.5. The second kappa shape index (κ2) is 11.2. The summed E-state index contributed by atoms with van der Waals surface area (Å²) in [5.41, 5.74) is 3.05. The van der Waals surface area contributed by atoms with Gasteiger partial charge in [-0.2, -0.15) is 0 Å². The van der Waals surface area contributed by atoms with Gasteiger partial charge in [0.2, 0.25) is 0 Å². The summed E-state index contributed by atoms with van der Waals surface area (Å²) in [6.07, 6.45) is 2.41. The predicted molar refractivity (Wildman–Crippen MR) is 133 cm³/mol. The molecule has 0 saturated carbocycles. The molecule has 1 fully saturated rings. The molecule has 2 aromatic carbocycles.